The molecule has 2 rings (SSSR count). The first-order valence-corrected chi connectivity index (χ1v) is 7.80. The van der Waals surface area contributed by atoms with Crippen LogP contribution in [-0.2, 0) is 0 Å². The summed E-state index contributed by atoms with van der Waals surface area (Å²) in [6.45, 7) is 9.86. The van der Waals surface area contributed by atoms with Crippen molar-refractivity contribution >= 4 is 23.4 Å². The molecule has 2 atom stereocenters. The van der Waals surface area contributed by atoms with Crippen molar-refractivity contribution in [3.05, 3.63) is 11.9 Å². The molecule has 1 aliphatic rings. The molecule has 0 spiro atoms. The summed E-state index contributed by atoms with van der Waals surface area (Å²) in [5.41, 5.74) is 3.81. The van der Waals surface area contributed by atoms with Crippen LogP contribution in [0.25, 0.3) is 0 Å². The third-order valence-electron chi connectivity index (χ3n) is 3.73. The Labute approximate surface area is 119 Å². The lowest BCUT2D eigenvalue weighted by molar-refractivity contribution is 0.613. The number of rotatable bonds is 3. The summed E-state index contributed by atoms with van der Waals surface area (Å²) in [6.07, 6.45) is 1.59. The number of hydrogen-bond donors (Lipinski definition) is 2. The summed E-state index contributed by atoms with van der Waals surface area (Å²) >= 11 is 2.02. The second-order valence-corrected chi connectivity index (χ2v) is 6.75. The highest BCUT2D eigenvalue weighted by Gasteiger charge is 2.29. The zero-order valence-corrected chi connectivity index (χ0v) is 12.9. The molecule has 0 aliphatic carbocycles. The number of nitrogens with two attached hydrogens (primary N) is 1. The summed E-state index contributed by atoms with van der Waals surface area (Å²) < 4.78 is 0. The van der Waals surface area contributed by atoms with Crippen LogP contribution in [0.4, 0.5) is 11.6 Å². The minimum absolute atomic E-state index is 0.333. The van der Waals surface area contributed by atoms with Crippen molar-refractivity contribution in [2.45, 2.75) is 44.9 Å². The van der Waals surface area contributed by atoms with Gasteiger partial charge in [-0.3, -0.25) is 0 Å². The number of nitrogen functional groups attached to an aromatic ring is 1. The Morgan fingerprint density at radius 1 is 1.42 bits per heavy atom. The Kier molecular flexibility index (Phi) is 4.52. The lowest BCUT2D eigenvalue weighted by Gasteiger charge is -2.39. The fraction of sp³-hybridized carbons (Fsp3) is 0.692. The minimum Gasteiger partial charge on any atom is -0.352 e. The number of hydrazine groups is 1. The Morgan fingerprint density at radius 3 is 2.79 bits per heavy atom. The van der Waals surface area contributed by atoms with Crippen LogP contribution in [0.15, 0.2) is 6.33 Å². The maximum atomic E-state index is 5.59. The molecule has 0 amide bonds. The molecular formula is C13H23N5S. The van der Waals surface area contributed by atoms with E-state index in [1.807, 2.05) is 11.8 Å². The number of anilines is 2. The van der Waals surface area contributed by atoms with Crippen LogP contribution in [0.5, 0.6) is 0 Å². The van der Waals surface area contributed by atoms with E-state index in [0.29, 0.717) is 17.2 Å². The first kappa shape index (κ1) is 14.4. The standard InChI is InChI=1S/C13H23N5S/c1-8(2)11-12(17-14)15-7-16-13(11)18-5-6-19-10(4)9(18)3/h7-10H,5-6,14H2,1-4H3,(H,15,16,17). The van der Waals surface area contributed by atoms with Gasteiger partial charge in [0.15, 0.2) is 0 Å². The molecule has 0 saturated carbocycles. The predicted molar refractivity (Wildman–Crippen MR) is 82.7 cm³/mol. The van der Waals surface area contributed by atoms with E-state index in [1.165, 1.54) is 0 Å². The van der Waals surface area contributed by atoms with Gasteiger partial charge >= 0.3 is 0 Å². The highest BCUT2D eigenvalue weighted by molar-refractivity contribution is 8.00. The van der Waals surface area contributed by atoms with Crippen molar-refractivity contribution < 1.29 is 0 Å². The van der Waals surface area contributed by atoms with Crippen LogP contribution < -0.4 is 16.2 Å². The Hall–Kier alpha value is -1.01. The van der Waals surface area contributed by atoms with Gasteiger partial charge in [-0.1, -0.05) is 20.8 Å². The van der Waals surface area contributed by atoms with E-state index in [1.54, 1.807) is 6.33 Å². The van der Waals surface area contributed by atoms with E-state index in [-0.39, 0.29) is 0 Å². The summed E-state index contributed by atoms with van der Waals surface area (Å²) in [5, 5.41) is 0.609. The smallest absolute Gasteiger partial charge is 0.148 e. The second kappa shape index (κ2) is 5.96. The number of nitrogens with one attached hydrogen (secondary N) is 1. The Bertz CT molecular complexity index is 437. The number of aromatic nitrogens is 2. The second-order valence-electron chi connectivity index (χ2n) is 5.27. The maximum absolute atomic E-state index is 5.59. The van der Waals surface area contributed by atoms with Crippen molar-refractivity contribution in [3.8, 4) is 0 Å². The van der Waals surface area contributed by atoms with E-state index in [2.05, 4.69) is 48.0 Å². The molecule has 0 bridgehead atoms. The van der Waals surface area contributed by atoms with Gasteiger partial charge in [0.05, 0.1) is 0 Å². The van der Waals surface area contributed by atoms with Gasteiger partial charge in [-0.25, -0.2) is 15.8 Å². The molecule has 3 N–H and O–H groups in total. The summed E-state index contributed by atoms with van der Waals surface area (Å²) in [7, 11) is 0. The summed E-state index contributed by atoms with van der Waals surface area (Å²) in [5.74, 6) is 8.82. The third-order valence-corrected chi connectivity index (χ3v) is 5.07. The van der Waals surface area contributed by atoms with Crippen molar-refractivity contribution in [3.63, 3.8) is 0 Å². The van der Waals surface area contributed by atoms with Crippen LogP contribution >= 0.6 is 11.8 Å². The molecule has 1 aromatic heterocycles. The maximum Gasteiger partial charge on any atom is 0.148 e. The molecule has 1 aliphatic heterocycles. The van der Waals surface area contributed by atoms with Gasteiger partial charge in [-0.2, -0.15) is 11.8 Å². The van der Waals surface area contributed by atoms with Gasteiger partial charge in [0.25, 0.3) is 0 Å². The summed E-state index contributed by atoms with van der Waals surface area (Å²) in [4.78, 5) is 11.2. The SMILES string of the molecule is CC(C)c1c(NN)ncnc1N1CCSC(C)C1C. The van der Waals surface area contributed by atoms with E-state index in [9.17, 15) is 0 Å². The third kappa shape index (κ3) is 2.79. The number of nitrogens with zero attached hydrogens (tertiary/aromatic N) is 3. The molecule has 19 heavy (non-hydrogen) atoms. The van der Waals surface area contributed by atoms with Crippen LogP contribution in [0.1, 0.15) is 39.2 Å². The van der Waals surface area contributed by atoms with Gasteiger partial charge in [0, 0.05) is 29.2 Å². The van der Waals surface area contributed by atoms with Gasteiger partial charge in [0.1, 0.15) is 18.0 Å². The Balaban J connectivity index is 2.43. The molecule has 0 radical (unpaired) electrons. The van der Waals surface area contributed by atoms with E-state index in [4.69, 9.17) is 5.84 Å². The van der Waals surface area contributed by atoms with Gasteiger partial charge in [-0.15, -0.1) is 0 Å². The van der Waals surface area contributed by atoms with Gasteiger partial charge in [-0.05, 0) is 12.8 Å². The van der Waals surface area contributed by atoms with Crippen LogP contribution in [0.3, 0.4) is 0 Å². The molecule has 0 aromatic carbocycles. The molecule has 1 fully saturated rings. The van der Waals surface area contributed by atoms with Crippen LogP contribution in [-0.4, -0.2) is 33.6 Å². The van der Waals surface area contributed by atoms with Crippen molar-refractivity contribution in [2.75, 3.05) is 22.6 Å². The number of hydrogen-bond acceptors (Lipinski definition) is 6. The fourth-order valence-corrected chi connectivity index (χ4v) is 3.59. The van der Waals surface area contributed by atoms with Gasteiger partial charge < -0.3 is 10.3 Å². The molecule has 106 valence electrons. The molecule has 6 heteroatoms. The first-order chi connectivity index (χ1) is 9.06. The van der Waals surface area contributed by atoms with Crippen LogP contribution in [0.2, 0.25) is 0 Å². The monoisotopic (exact) mass is 281 g/mol. The van der Waals surface area contributed by atoms with E-state index < -0.39 is 0 Å². The molecule has 2 unspecified atom stereocenters. The predicted octanol–water partition coefficient (Wildman–Crippen LogP) is 2.22. The quantitative estimate of drug-likeness (QED) is 0.654. The molecule has 2 heterocycles. The lowest BCUT2D eigenvalue weighted by atomic mass is 10.0. The highest BCUT2D eigenvalue weighted by atomic mass is 32.2. The highest BCUT2D eigenvalue weighted by Crippen LogP contribution is 2.35. The molecular weight excluding hydrogens is 258 g/mol. The number of thioether (sulfide) groups is 1. The van der Waals surface area contributed by atoms with Crippen molar-refractivity contribution in [1.82, 2.24) is 9.97 Å². The molecule has 1 saturated heterocycles. The topological polar surface area (TPSA) is 67.1 Å². The first-order valence-electron chi connectivity index (χ1n) is 6.76. The fourth-order valence-electron chi connectivity index (χ4n) is 2.49. The lowest BCUT2D eigenvalue weighted by Crippen LogP contribution is -2.45. The summed E-state index contributed by atoms with van der Waals surface area (Å²) in [6, 6.07) is 0.469. The minimum atomic E-state index is 0.333. The molecule has 1 aromatic rings. The van der Waals surface area contributed by atoms with Crippen LogP contribution in [0, 0.1) is 0 Å². The van der Waals surface area contributed by atoms with Gasteiger partial charge in [0.2, 0.25) is 0 Å². The van der Waals surface area contributed by atoms with E-state index >= 15 is 0 Å². The zero-order chi connectivity index (χ0) is 14.0. The average Bonchev–Trinajstić information content (AvgIpc) is 2.40. The van der Waals surface area contributed by atoms with E-state index in [0.717, 1.165) is 29.5 Å². The normalized spacial score (nSPS) is 23.8. The zero-order valence-electron chi connectivity index (χ0n) is 12.1. The van der Waals surface area contributed by atoms with Crippen molar-refractivity contribution in [2.24, 2.45) is 5.84 Å². The largest absolute Gasteiger partial charge is 0.352 e. The Morgan fingerprint density at radius 2 is 2.16 bits per heavy atom. The average molecular weight is 281 g/mol. The molecule has 5 nitrogen and oxygen atoms in total. The van der Waals surface area contributed by atoms with Crippen molar-refractivity contribution in [1.29, 1.82) is 0 Å².